The molecule has 1 amide bonds. The van der Waals surface area contributed by atoms with Gasteiger partial charge in [0.25, 0.3) is 0 Å². The Kier molecular flexibility index (Phi) is 6.16. The summed E-state index contributed by atoms with van der Waals surface area (Å²) in [5.74, 6) is 1.14. The number of methoxy groups -OCH3 is 1. The van der Waals surface area contributed by atoms with Crippen molar-refractivity contribution >= 4 is 11.9 Å². The molecule has 0 radical (unpaired) electrons. The normalized spacial score (nSPS) is 27.6. The molecular formula is C14H25NO3. The SMILES string of the molecule is COC(=O)CCCC(=O)N[C@@H]1CC[C@H](C)C[C@H]1C. The van der Waals surface area contributed by atoms with Gasteiger partial charge in [0.2, 0.25) is 5.91 Å². The third-order valence-electron chi connectivity index (χ3n) is 3.79. The van der Waals surface area contributed by atoms with Gasteiger partial charge in [-0.25, -0.2) is 0 Å². The van der Waals surface area contributed by atoms with Gasteiger partial charge in [-0.05, 0) is 37.5 Å². The third-order valence-corrected chi connectivity index (χ3v) is 3.79. The number of carbonyl (C=O) groups is 2. The summed E-state index contributed by atoms with van der Waals surface area (Å²) in [6.07, 6.45) is 4.75. The van der Waals surface area contributed by atoms with Crippen LogP contribution in [0.25, 0.3) is 0 Å². The summed E-state index contributed by atoms with van der Waals surface area (Å²) in [6, 6.07) is 0.312. The molecule has 0 aromatic rings. The summed E-state index contributed by atoms with van der Waals surface area (Å²) < 4.78 is 4.54. The Morgan fingerprint density at radius 2 is 1.94 bits per heavy atom. The van der Waals surface area contributed by atoms with Crippen molar-refractivity contribution < 1.29 is 14.3 Å². The van der Waals surface area contributed by atoms with Gasteiger partial charge in [0.05, 0.1) is 7.11 Å². The van der Waals surface area contributed by atoms with Crippen LogP contribution in [0, 0.1) is 11.8 Å². The van der Waals surface area contributed by atoms with Crippen LogP contribution in [0.15, 0.2) is 0 Å². The number of carbonyl (C=O) groups excluding carboxylic acids is 2. The summed E-state index contributed by atoms with van der Waals surface area (Å²) in [6.45, 7) is 4.47. The molecule has 0 aromatic heterocycles. The van der Waals surface area contributed by atoms with Gasteiger partial charge in [-0.1, -0.05) is 13.8 Å². The second kappa shape index (κ2) is 7.39. The molecule has 1 saturated carbocycles. The molecule has 1 N–H and O–H groups in total. The van der Waals surface area contributed by atoms with Gasteiger partial charge < -0.3 is 10.1 Å². The zero-order valence-corrected chi connectivity index (χ0v) is 11.7. The minimum atomic E-state index is -0.248. The Morgan fingerprint density at radius 3 is 2.56 bits per heavy atom. The number of rotatable bonds is 5. The predicted molar refractivity (Wildman–Crippen MR) is 70.0 cm³/mol. The van der Waals surface area contributed by atoms with Crippen molar-refractivity contribution in [3.63, 3.8) is 0 Å². The molecular weight excluding hydrogens is 230 g/mol. The predicted octanol–water partition coefficient (Wildman–Crippen LogP) is 2.27. The topological polar surface area (TPSA) is 55.4 Å². The van der Waals surface area contributed by atoms with Crippen LogP contribution in [0.5, 0.6) is 0 Å². The fraction of sp³-hybridized carbons (Fsp3) is 0.857. The highest BCUT2D eigenvalue weighted by Gasteiger charge is 2.26. The average Bonchev–Trinajstić information content (AvgIpc) is 2.32. The number of amides is 1. The van der Waals surface area contributed by atoms with Crippen molar-refractivity contribution in [2.45, 2.75) is 58.4 Å². The zero-order chi connectivity index (χ0) is 13.5. The van der Waals surface area contributed by atoms with Crippen LogP contribution in [0.3, 0.4) is 0 Å². The highest BCUT2D eigenvalue weighted by molar-refractivity contribution is 5.77. The second-order valence-electron chi connectivity index (χ2n) is 5.50. The lowest BCUT2D eigenvalue weighted by Gasteiger charge is -2.33. The zero-order valence-electron chi connectivity index (χ0n) is 11.7. The Balaban J connectivity index is 2.21. The van der Waals surface area contributed by atoms with Gasteiger partial charge in [0.1, 0.15) is 0 Å². The van der Waals surface area contributed by atoms with Gasteiger partial charge in [-0.15, -0.1) is 0 Å². The van der Waals surface area contributed by atoms with Crippen LogP contribution < -0.4 is 5.32 Å². The minimum absolute atomic E-state index is 0.0605. The van der Waals surface area contributed by atoms with E-state index in [4.69, 9.17) is 0 Å². The fourth-order valence-corrected chi connectivity index (χ4v) is 2.65. The molecule has 4 heteroatoms. The summed E-state index contributed by atoms with van der Waals surface area (Å²) in [5, 5.41) is 3.09. The first-order chi connectivity index (χ1) is 8.52. The van der Waals surface area contributed by atoms with E-state index in [9.17, 15) is 9.59 Å². The molecule has 1 aliphatic rings. The third kappa shape index (κ3) is 5.07. The molecule has 0 saturated heterocycles. The molecule has 0 aromatic carbocycles. The largest absolute Gasteiger partial charge is 0.469 e. The Labute approximate surface area is 109 Å². The fourth-order valence-electron chi connectivity index (χ4n) is 2.65. The van der Waals surface area contributed by atoms with E-state index < -0.39 is 0 Å². The molecule has 0 spiro atoms. The number of hydrogen-bond acceptors (Lipinski definition) is 3. The lowest BCUT2D eigenvalue weighted by molar-refractivity contribution is -0.140. The van der Waals surface area contributed by atoms with E-state index in [-0.39, 0.29) is 11.9 Å². The Morgan fingerprint density at radius 1 is 1.22 bits per heavy atom. The molecule has 0 aliphatic heterocycles. The monoisotopic (exact) mass is 255 g/mol. The van der Waals surface area contributed by atoms with Gasteiger partial charge >= 0.3 is 5.97 Å². The van der Waals surface area contributed by atoms with Crippen molar-refractivity contribution in [1.82, 2.24) is 5.32 Å². The molecule has 104 valence electrons. The summed E-state index contributed by atoms with van der Waals surface area (Å²) in [5.41, 5.74) is 0. The maximum absolute atomic E-state index is 11.7. The number of ether oxygens (including phenoxy) is 1. The Hall–Kier alpha value is -1.06. The van der Waals surface area contributed by atoms with Crippen molar-refractivity contribution in [1.29, 1.82) is 0 Å². The Bertz CT molecular complexity index is 291. The smallest absolute Gasteiger partial charge is 0.305 e. The molecule has 1 fully saturated rings. The van der Waals surface area contributed by atoms with E-state index >= 15 is 0 Å². The first kappa shape index (κ1) is 15.0. The van der Waals surface area contributed by atoms with Gasteiger partial charge in [0.15, 0.2) is 0 Å². The van der Waals surface area contributed by atoms with Crippen LogP contribution in [0.2, 0.25) is 0 Å². The van der Waals surface area contributed by atoms with Crippen LogP contribution in [-0.2, 0) is 14.3 Å². The van der Waals surface area contributed by atoms with Crippen LogP contribution in [0.4, 0.5) is 0 Å². The van der Waals surface area contributed by atoms with E-state index in [1.807, 2.05) is 0 Å². The molecule has 3 atom stereocenters. The van der Waals surface area contributed by atoms with E-state index in [0.29, 0.717) is 31.2 Å². The van der Waals surface area contributed by atoms with E-state index in [2.05, 4.69) is 23.9 Å². The number of esters is 1. The summed E-state index contributed by atoms with van der Waals surface area (Å²) >= 11 is 0. The van der Waals surface area contributed by atoms with Gasteiger partial charge in [-0.2, -0.15) is 0 Å². The molecule has 4 nitrogen and oxygen atoms in total. The van der Waals surface area contributed by atoms with Crippen molar-refractivity contribution in [2.24, 2.45) is 11.8 Å². The van der Waals surface area contributed by atoms with Gasteiger partial charge in [-0.3, -0.25) is 9.59 Å². The average molecular weight is 255 g/mol. The summed E-state index contributed by atoms with van der Waals surface area (Å²) in [7, 11) is 1.37. The first-order valence-electron chi connectivity index (χ1n) is 6.89. The lowest BCUT2D eigenvalue weighted by atomic mass is 9.80. The summed E-state index contributed by atoms with van der Waals surface area (Å²) in [4.78, 5) is 22.7. The van der Waals surface area contributed by atoms with E-state index in [1.54, 1.807) is 0 Å². The van der Waals surface area contributed by atoms with Crippen molar-refractivity contribution in [2.75, 3.05) is 7.11 Å². The first-order valence-corrected chi connectivity index (χ1v) is 6.89. The highest BCUT2D eigenvalue weighted by atomic mass is 16.5. The van der Waals surface area contributed by atoms with Gasteiger partial charge in [0, 0.05) is 18.9 Å². The maximum atomic E-state index is 11.7. The molecule has 0 heterocycles. The van der Waals surface area contributed by atoms with Crippen molar-refractivity contribution in [3.8, 4) is 0 Å². The molecule has 1 rings (SSSR count). The second-order valence-corrected chi connectivity index (χ2v) is 5.50. The highest BCUT2D eigenvalue weighted by Crippen LogP contribution is 2.28. The van der Waals surface area contributed by atoms with Crippen LogP contribution in [-0.4, -0.2) is 25.0 Å². The molecule has 0 unspecified atom stereocenters. The van der Waals surface area contributed by atoms with Crippen LogP contribution in [0.1, 0.15) is 52.4 Å². The quantitative estimate of drug-likeness (QED) is 0.767. The molecule has 18 heavy (non-hydrogen) atoms. The number of hydrogen-bond donors (Lipinski definition) is 1. The minimum Gasteiger partial charge on any atom is -0.469 e. The lowest BCUT2D eigenvalue weighted by Crippen LogP contribution is -2.42. The number of nitrogens with one attached hydrogen (secondary N) is 1. The van der Waals surface area contributed by atoms with Crippen molar-refractivity contribution in [3.05, 3.63) is 0 Å². The van der Waals surface area contributed by atoms with E-state index in [0.717, 1.165) is 12.3 Å². The van der Waals surface area contributed by atoms with E-state index in [1.165, 1.54) is 20.0 Å². The standard InChI is InChI=1S/C14H25NO3/c1-10-7-8-12(11(2)9-10)15-13(16)5-4-6-14(17)18-3/h10-12H,4-9H2,1-3H3,(H,15,16)/t10-,11+,12+/m0/s1. The molecule has 0 bridgehead atoms. The van der Waals surface area contributed by atoms with Crippen LogP contribution >= 0.6 is 0 Å². The molecule has 1 aliphatic carbocycles. The maximum Gasteiger partial charge on any atom is 0.305 e.